The van der Waals surface area contributed by atoms with Crippen molar-refractivity contribution in [2.75, 3.05) is 13.2 Å². The van der Waals surface area contributed by atoms with Gasteiger partial charge >= 0.3 is 0 Å². The Morgan fingerprint density at radius 3 is 2.58 bits per heavy atom. The average molecular weight is 166 g/mol. The fourth-order valence-corrected chi connectivity index (χ4v) is 1.00. The second kappa shape index (κ2) is 4.91. The maximum absolute atomic E-state index is 9.53. The first-order valence-electron chi connectivity index (χ1n) is 4.15. The summed E-state index contributed by atoms with van der Waals surface area (Å²) in [5.41, 5.74) is 0.908. The average Bonchev–Trinajstić information content (AvgIpc) is 2.15. The molecule has 0 radical (unpaired) electrons. The quantitative estimate of drug-likeness (QED) is 0.738. The van der Waals surface area contributed by atoms with Crippen molar-refractivity contribution in [2.45, 2.75) is 13.0 Å². The number of aliphatic hydroxyl groups is 1. The Bertz CT molecular complexity index is 208. The van der Waals surface area contributed by atoms with Crippen molar-refractivity contribution in [3.05, 3.63) is 35.9 Å². The van der Waals surface area contributed by atoms with E-state index in [-0.39, 0.29) is 0 Å². The molecule has 0 bridgehead atoms. The summed E-state index contributed by atoms with van der Waals surface area (Å²) in [4.78, 5) is 0. The monoisotopic (exact) mass is 166 g/mol. The maximum Gasteiger partial charge on any atom is 0.102 e. The third-order valence-corrected chi connectivity index (χ3v) is 1.66. The summed E-state index contributed by atoms with van der Waals surface area (Å²) in [7, 11) is 0. The minimum absolute atomic E-state index is 0.376. The normalized spacial score (nSPS) is 12.8. The lowest BCUT2D eigenvalue weighted by Gasteiger charge is -2.09. The molecule has 1 rings (SSSR count). The van der Waals surface area contributed by atoms with E-state index >= 15 is 0 Å². The maximum atomic E-state index is 9.53. The number of ether oxygens (including phenoxy) is 1. The van der Waals surface area contributed by atoms with Gasteiger partial charge in [0.25, 0.3) is 0 Å². The van der Waals surface area contributed by atoms with Gasteiger partial charge in [0, 0.05) is 6.61 Å². The van der Waals surface area contributed by atoms with Gasteiger partial charge < -0.3 is 9.84 Å². The van der Waals surface area contributed by atoms with Crippen molar-refractivity contribution in [1.29, 1.82) is 0 Å². The standard InChI is InChI=1S/C10H14O2/c1-2-12-8-10(11)9-6-4-3-5-7-9/h3-7,10-11H,2,8H2,1H3. The highest BCUT2D eigenvalue weighted by Crippen LogP contribution is 2.11. The van der Waals surface area contributed by atoms with Gasteiger partial charge in [-0.05, 0) is 12.5 Å². The van der Waals surface area contributed by atoms with Crippen LogP contribution in [-0.4, -0.2) is 18.3 Å². The lowest BCUT2D eigenvalue weighted by atomic mass is 10.1. The molecule has 0 aliphatic heterocycles. The van der Waals surface area contributed by atoms with Gasteiger partial charge in [0.05, 0.1) is 6.61 Å². The van der Waals surface area contributed by atoms with Crippen LogP contribution in [0, 0.1) is 0 Å². The predicted octanol–water partition coefficient (Wildman–Crippen LogP) is 1.76. The Labute approximate surface area is 72.8 Å². The highest BCUT2D eigenvalue weighted by molar-refractivity contribution is 5.17. The zero-order valence-electron chi connectivity index (χ0n) is 7.23. The molecule has 0 saturated heterocycles. The summed E-state index contributed by atoms with van der Waals surface area (Å²) in [6.07, 6.45) is -0.494. The number of hydrogen-bond donors (Lipinski definition) is 1. The molecular weight excluding hydrogens is 152 g/mol. The summed E-state index contributed by atoms with van der Waals surface area (Å²) in [6, 6.07) is 9.53. The van der Waals surface area contributed by atoms with Crippen molar-refractivity contribution >= 4 is 0 Å². The Hall–Kier alpha value is -0.860. The molecule has 0 spiro atoms. The summed E-state index contributed by atoms with van der Waals surface area (Å²) < 4.78 is 5.10. The van der Waals surface area contributed by atoms with Gasteiger partial charge in [-0.3, -0.25) is 0 Å². The molecule has 12 heavy (non-hydrogen) atoms. The Morgan fingerprint density at radius 1 is 1.33 bits per heavy atom. The zero-order valence-corrected chi connectivity index (χ0v) is 7.23. The Kier molecular flexibility index (Phi) is 3.77. The molecule has 0 amide bonds. The van der Waals surface area contributed by atoms with Crippen LogP contribution in [0.3, 0.4) is 0 Å². The van der Waals surface area contributed by atoms with E-state index in [0.717, 1.165) is 5.56 Å². The molecule has 1 aromatic rings. The first-order valence-corrected chi connectivity index (χ1v) is 4.15. The summed E-state index contributed by atoms with van der Waals surface area (Å²) in [6.45, 7) is 2.93. The highest BCUT2D eigenvalue weighted by atomic mass is 16.5. The van der Waals surface area contributed by atoms with Gasteiger partial charge in [-0.15, -0.1) is 0 Å². The fourth-order valence-electron chi connectivity index (χ4n) is 1.00. The molecule has 1 unspecified atom stereocenters. The van der Waals surface area contributed by atoms with Crippen molar-refractivity contribution in [1.82, 2.24) is 0 Å². The third-order valence-electron chi connectivity index (χ3n) is 1.66. The van der Waals surface area contributed by atoms with Crippen LogP contribution in [0.5, 0.6) is 0 Å². The summed E-state index contributed by atoms with van der Waals surface area (Å²) >= 11 is 0. The van der Waals surface area contributed by atoms with E-state index in [0.29, 0.717) is 13.2 Å². The molecule has 0 aliphatic rings. The van der Waals surface area contributed by atoms with Gasteiger partial charge in [0.1, 0.15) is 6.10 Å². The number of rotatable bonds is 4. The predicted molar refractivity (Wildman–Crippen MR) is 47.9 cm³/mol. The fraction of sp³-hybridized carbons (Fsp3) is 0.400. The van der Waals surface area contributed by atoms with E-state index in [1.54, 1.807) is 0 Å². The smallest absolute Gasteiger partial charge is 0.102 e. The molecule has 1 N–H and O–H groups in total. The largest absolute Gasteiger partial charge is 0.386 e. The van der Waals surface area contributed by atoms with Crippen molar-refractivity contribution < 1.29 is 9.84 Å². The SMILES string of the molecule is CCOCC(O)c1ccccc1. The van der Waals surface area contributed by atoms with Gasteiger partial charge in [-0.25, -0.2) is 0 Å². The van der Waals surface area contributed by atoms with Crippen molar-refractivity contribution in [3.63, 3.8) is 0 Å². The lowest BCUT2D eigenvalue weighted by Crippen LogP contribution is -2.06. The minimum Gasteiger partial charge on any atom is -0.386 e. The van der Waals surface area contributed by atoms with E-state index in [1.165, 1.54) is 0 Å². The van der Waals surface area contributed by atoms with E-state index in [2.05, 4.69) is 0 Å². The van der Waals surface area contributed by atoms with E-state index in [4.69, 9.17) is 4.74 Å². The Morgan fingerprint density at radius 2 is 2.00 bits per heavy atom. The molecule has 2 nitrogen and oxygen atoms in total. The summed E-state index contributed by atoms with van der Waals surface area (Å²) in [5, 5.41) is 9.53. The van der Waals surface area contributed by atoms with Gasteiger partial charge in [0.2, 0.25) is 0 Å². The van der Waals surface area contributed by atoms with Gasteiger partial charge in [-0.2, -0.15) is 0 Å². The van der Waals surface area contributed by atoms with Crippen LogP contribution in [0.1, 0.15) is 18.6 Å². The van der Waals surface area contributed by atoms with Crippen LogP contribution in [-0.2, 0) is 4.74 Å². The molecule has 0 saturated carbocycles. The molecule has 2 heteroatoms. The van der Waals surface area contributed by atoms with E-state index in [9.17, 15) is 5.11 Å². The highest BCUT2D eigenvalue weighted by Gasteiger charge is 2.04. The van der Waals surface area contributed by atoms with E-state index in [1.807, 2.05) is 37.3 Å². The van der Waals surface area contributed by atoms with Gasteiger partial charge in [0.15, 0.2) is 0 Å². The van der Waals surface area contributed by atoms with Crippen LogP contribution in [0.4, 0.5) is 0 Å². The van der Waals surface area contributed by atoms with E-state index < -0.39 is 6.10 Å². The van der Waals surface area contributed by atoms with Crippen LogP contribution >= 0.6 is 0 Å². The molecule has 66 valence electrons. The van der Waals surface area contributed by atoms with Crippen LogP contribution in [0.25, 0.3) is 0 Å². The van der Waals surface area contributed by atoms with Gasteiger partial charge in [-0.1, -0.05) is 30.3 Å². The number of benzene rings is 1. The van der Waals surface area contributed by atoms with Crippen molar-refractivity contribution in [3.8, 4) is 0 Å². The first kappa shape index (κ1) is 9.23. The molecular formula is C10H14O2. The third kappa shape index (κ3) is 2.64. The molecule has 0 fully saturated rings. The Balaban J connectivity index is 2.48. The molecule has 0 aromatic heterocycles. The van der Waals surface area contributed by atoms with Crippen molar-refractivity contribution in [2.24, 2.45) is 0 Å². The first-order chi connectivity index (χ1) is 5.84. The minimum atomic E-state index is -0.494. The number of aliphatic hydroxyl groups excluding tert-OH is 1. The van der Waals surface area contributed by atoms with Crippen LogP contribution < -0.4 is 0 Å². The second-order valence-electron chi connectivity index (χ2n) is 2.59. The second-order valence-corrected chi connectivity index (χ2v) is 2.59. The molecule has 0 aliphatic carbocycles. The summed E-state index contributed by atoms with van der Waals surface area (Å²) in [5.74, 6) is 0. The molecule has 1 aromatic carbocycles. The topological polar surface area (TPSA) is 29.5 Å². The van der Waals surface area contributed by atoms with Crippen LogP contribution in [0.15, 0.2) is 30.3 Å². The lowest BCUT2D eigenvalue weighted by molar-refractivity contribution is 0.0420. The number of hydrogen-bond acceptors (Lipinski definition) is 2. The van der Waals surface area contributed by atoms with Crippen LogP contribution in [0.2, 0.25) is 0 Å². The zero-order chi connectivity index (χ0) is 8.81. The molecule has 0 heterocycles. The molecule has 1 atom stereocenters.